The molecule has 0 unspecified atom stereocenters. The van der Waals surface area contributed by atoms with Gasteiger partial charge in [-0.3, -0.25) is 9.78 Å². The Bertz CT molecular complexity index is 654. The number of carboxylic acids is 1. The average molecular weight is 296 g/mol. The minimum absolute atomic E-state index is 0.239. The molecule has 2 rings (SSSR count). The third kappa shape index (κ3) is 4.86. The predicted molar refractivity (Wildman–Crippen MR) is 83.0 cm³/mol. The van der Waals surface area contributed by atoms with Crippen LogP contribution in [0, 0.1) is 0 Å². The van der Waals surface area contributed by atoms with Crippen LogP contribution in [0.15, 0.2) is 60.9 Å². The van der Waals surface area contributed by atoms with Crippen molar-refractivity contribution in [2.75, 3.05) is 0 Å². The van der Waals surface area contributed by atoms with Crippen LogP contribution in [0.1, 0.15) is 11.1 Å². The van der Waals surface area contributed by atoms with Gasteiger partial charge in [0, 0.05) is 24.9 Å². The van der Waals surface area contributed by atoms with Crippen LogP contribution in [-0.2, 0) is 16.0 Å². The topological polar surface area (TPSA) is 79.3 Å². The summed E-state index contributed by atoms with van der Waals surface area (Å²) in [5, 5.41) is 11.7. The van der Waals surface area contributed by atoms with Crippen LogP contribution in [0.3, 0.4) is 0 Å². The van der Waals surface area contributed by atoms with Gasteiger partial charge in [0.15, 0.2) is 0 Å². The Morgan fingerprint density at radius 2 is 1.95 bits per heavy atom. The Kier molecular flexibility index (Phi) is 5.43. The van der Waals surface area contributed by atoms with Gasteiger partial charge in [0.05, 0.1) is 0 Å². The standard InChI is InChI=1S/C17H16N2O3/c20-16(9-8-14-7-4-10-18-12-14)19-15(17(21)22)11-13-5-2-1-3-6-13/h1-10,12,15H,11H2,(H,19,20)(H,21,22)/b9-8+/t15-/m1/s1. The summed E-state index contributed by atoms with van der Waals surface area (Å²) in [5.74, 6) is -1.51. The zero-order valence-electron chi connectivity index (χ0n) is 11.8. The molecule has 22 heavy (non-hydrogen) atoms. The van der Waals surface area contributed by atoms with Crippen molar-refractivity contribution < 1.29 is 14.7 Å². The average Bonchev–Trinajstić information content (AvgIpc) is 2.54. The lowest BCUT2D eigenvalue weighted by atomic mass is 10.1. The Hall–Kier alpha value is -2.95. The number of carbonyl (C=O) groups is 2. The number of amides is 1. The van der Waals surface area contributed by atoms with Gasteiger partial charge in [-0.25, -0.2) is 4.79 Å². The number of nitrogens with one attached hydrogen (secondary N) is 1. The van der Waals surface area contributed by atoms with Gasteiger partial charge in [-0.15, -0.1) is 0 Å². The van der Waals surface area contributed by atoms with Crippen LogP contribution in [0.4, 0.5) is 0 Å². The van der Waals surface area contributed by atoms with Gasteiger partial charge in [-0.05, 0) is 23.3 Å². The van der Waals surface area contributed by atoms with Gasteiger partial charge in [0.1, 0.15) is 6.04 Å². The Balaban J connectivity index is 1.97. The van der Waals surface area contributed by atoms with E-state index in [2.05, 4.69) is 10.3 Å². The maximum absolute atomic E-state index is 11.8. The quantitative estimate of drug-likeness (QED) is 0.798. The van der Waals surface area contributed by atoms with E-state index in [0.717, 1.165) is 11.1 Å². The van der Waals surface area contributed by atoms with Crippen LogP contribution >= 0.6 is 0 Å². The second-order valence-electron chi connectivity index (χ2n) is 4.71. The fourth-order valence-corrected chi connectivity index (χ4v) is 1.92. The second kappa shape index (κ2) is 7.73. The molecule has 0 aliphatic carbocycles. The highest BCUT2D eigenvalue weighted by molar-refractivity contribution is 5.94. The third-order valence-electron chi connectivity index (χ3n) is 3.01. The molecule has 5 nitrogen and oxygen atoms in total. The molecule has 0 spiro atoms. The van der Waals surface area contributed by atoms with E-state index >= 15 is 0 Å². The first-order valence-corrected chi connectivity index (χ1v) is 6.80. The molecule has 0 fully saturated rings. The van der Waals surface area contributed by atoms with Crippen molar-refractivity contribution in [1.82, 2.24) is 10.3 Å². The molecule has 0 radical (unpaired) electrons. The van der Waals surface area contributed by atoms with Gasteiger partial charge < -0.3 is 10.4 Å². The Morgan fingerprint density at radius 3 is 2.59 bits per heavy atom. The number of rotatable bonds is 6. The van der Waals surface area contributed by atoms with E-state index in [-0.39, 0.29) is 6.42 Å². The summed E-state index contributed by atoms with van der Waals surface area (Å²) in [6.07, 6.45) is 6.38. The lowest BCUT2D eigenvalue weighted by Gasteiger charge is -2.13. The summed E-state index contributed by atoms with van der Waals surface area (Å²) in [4.78, 5) is 27.0. The molecule has 0 bridgehead atoms. The van der Waals surface area contributed by atoms with E-state index in [4.69, 9.17) is 0 Å². The molecule has 0 saturated carbocycles. The summed E-state index contributed by atoms with van der Waals surface area (Å²) in [6, 6.07) is 11.8. The molecule has 2 N–H and O–H groups in total. The fourth-order valence-electron chi connectivity index (χ4n) is 1.92. The monoisotopic (exact) mass is 296 g/mol. The molecule has 1 heterocycles. The van der Waals surface area contributed by atoms with Gasteiger partial charge in [-0.2, -0.15) is 0 Å². The number of hydrogen-bond donors (Lipinski definition) is 2. The summed E-state index contributed by atoms with van der Waals surface area (Å²) in [7, 11) is 0. The first-order chi connectivity index (χ1) is 10.6. The molecule has 1 amide bonds. The maximum atomic E-state index is 11.8. The first kappa shape index (κ1) is 15.4. The van der Waals surface area contributed by atoms with Crippen molar-refractivity contribution >= 4 is 18.0 Å². The Morgan fingerprint density at radius 1 is 1.18 bits per heavy atom. The minimum Gasteiger partial charge on any atom is -0.480 e. The van der Waals surface area contributed by atoms with Crippen molar-refractivity contribution in [1.29, 1.82) is 0 Å². The number of carbonyl (C=O) groups excluding carboxylic acids is 1. The molecule has 0 aliphatic heterocycles. The van der Waals surface area contributed by atoms with Crippen molar-refractivity contribution in [2.24, 2.45) is 0 Å². The third-order valence-corrected chi connectivity index (χ3v) is 3.01. The largest absolute Gasteiger partial charge is 0.480 e. The number of aliphatic carboxylic acids is 1. The molecule has 1 atom stereocenters. The van der Waals surface area contributed by atoms with Crippen LogP contribution in [-0.4, -0.2) is 28.0 Å². The van der Waals surface area contributed by atoms with Gasteiger partial charge >= 0.3 is 5.97 Å². The molecule has 112 valence electrons. The lowest BCUT2D eigenvalue weighted by Crippen LogP contribution is -2.41. The van der Waals surface area contributed by atoms with E-state index in [1.807, 2.05) is 30.3 Å². The zero-order valence-corrected chi connectivity index (χ0v) is 11.8. The summed E-state index contributed by atoms with van der Waals surface area (Å²) >= 11 is 0. The van der Waals surface area contributed by atoms with Crippen LogP contribution in [0.25, 0.3) is 6.08 Å². The smallest absolute Gasteiger partial charge is 0.326 e. The van der Waals surface area contributed by atoms with Gasteiger partial charge in [0.2, 0.25) is 5.91 Å². The van der Waals surface area contributed by atoms with Crippen molar-refractivity contribution in [2.45, 2.75) is 12.5 Å². The predicted octanol–water partition coefficient (Wildman–Crippen LogP) is 1.91. The van der Waals surface area contributed by atoms with Crippen LogP contribution in [0.2, 0.25) is 0 Å². The molecule has 1 aromatic carbocycles. The summed E-state index contributed by atoms with van der Waals surface area (Å²) in [6.45, 7) is 0. The molecule has 0 saturated heterocycles. The van der Waals surface area contributed by atoms with E-state index in [0.29, 0.717) is 0 Å². The summed E-state index contributed by atoms with van der Waals surface area (Å²) < 4.78 is 0. The SMILES string of the molecule is O=C(/C=C/c1cccnc1)N[C@H](Cc1ccccc1)C(=O)O. The number of hydrogen-bond acceptors (Lipinski definition) is 3. The second-order valence-corrected chi connectivity index (χ2v) is 4.71. The molecule has 5 heteroatoms. The lowest BCUT2D eigenvalue weighted by molar-refractivity contribution is -0.141. The van der Waals surface area contributed by atoms with Crippen molar-refractivity contribution in [3.8, 4) is 0 Å². The van der Waals surface area contributed by atoms with Crippen molar-refractivity contribution in [3.05, 3.63) is 72.1 Å². The Labute approximate surface area is 128 Å². The van der Waals surface area contributed by atoms with Gasteiger partial charge in [0.25, 0.3) is 0 Å². The molecule has 0 aliphatic rings. The van der Waals surface area contributed by atoms with E-state index in [9.17, 15) is 14.7 Å². The van der Waals surface area contributed by atoms with Gasteiger partial charge in [-0.1, -0.05) is 36.4 Å². The van der Waals surface area contributed by atoms with Crippen molar-refractivity contribution in [3.63, 3.8) is 0 Å². The fraction of sp³-hybridized carbons (Fsp3) is 0.118. The zero-order chi connectivity index (χ0) is 15.8. The summed E-state index contributed by atoms with van der Waals surface area (Å²) in [5.41, 5.74) is 1.62. The molecular formula is C17H16N2O3. The molecular weight excluding hydrogens is 280 g/mol. The number of benzene rings is 1. The minimum atomic E-state index is -1.06. The molecule has 2 aromatic rings. The number of nitrogens with zero attached hydrogens (tertiary/aromatic N) is 1. The van der Waals surface area contributed by atoms with Crippen LogP contribution < -0.4 is 5.32 Å². The van der Waals surface area contributed by atoms with Crippen LogP contribution in [0.5, 0.6) is 0 Å². The highest BCUT2D eigenvalue weighted by Gasteiger charge is 2.19. The highest BCUT2D eigenvalue weighted by Crippen LogP contribution is 2.04. The highest BCUT2D eigenvalue weighted by atomic mass is 16.4. The van der Waals surface area contributed by atoms with E-state index in [1.165, 1.54) is 6.08 Å². The van der Waals surface area contributed by atoms with E-state index < -0.39 is 17.9 Å². The van der Waals surface area contributed by atoms with E-state index in [1.54, 1.807) is 30.6 Å². The number of carboxylic acid groups (broad SMARTS) is 1. The first-order valence-electron chi connectivity index (χ1n) is 6.80. The maximum Gasteiger partial charge on any atom is 0.326 e. The normalized spacial score (nSPS) is 12.0. The molecule has 1 aromatic heterocycles. The number of aromatic nitrogens is 1. The number of pyridine rings is 1.